The Morgan fingerprint density at radius 2 is 2.21 bits per heavy atom. The summed E-state index contributed by atoms with van der Waals surface area (Å²) in [7, 11) is 0. The van der Waals surface area contributed by atoms with Gasteiger partial charge in [0, 0.05) is 17.6 Å². The summed E-state index contributed by atoms with van der Waals surface area (Å²) >= 11 is 5.13. The lowest BCUT2D eigenvalue weighted by molar-refractivity contribution is 0.132. The van der Waals surface area contributed by atoms with Gasteiger partial charge in [0.2, 0.25) is 0 Å². The molecule has 0 atom stereocenters. The predicted octanol–water partition coefficient (Wildman–Crippen LogP) is 4.53. The molecule has 1 N–H and O–H groups in total. The first kappa shape index (κ1) is 14.8. The number of ether oxygens (including phenoxy) is 1. The Kier molecular flexibility index (Phi) is 5.60. The van der Waals surface area contributed by atoms with Crippen LogP contribution in [0.25, 0.3) is 10.2 Å². The maximum Gasteiger partial charge on any atom is 0.183 e. The molecule has 0 amide bonds. The highest BCUT2D eigenvalue weighted by atomic mass is 79.9. The zero-order chi connectivity index (χ0) is 13.7. The molecule has 0 unspecified atom stereocenters. The molecule has 5 heteroatoms. The molecule has 19 heavy (non-hydrogen) atoms. The highest BCUT2D eigenvalue weighted by Crippen LogP contribution is 2.27. The first-order valence-electron chi connectivity index (χ1n) is 6.53. The lowest BCUT2D eigenvalue weighted by Crippen LogP contribution is -2.10. The van der Waals surface area contributed by atoms with Crippen molar-refractivity contribution in [2.45, 2.75) is 20.3 Å². The van der Waals surface area contributed by atoms with E-state index < -0.39 is 0 Å². The zero-order valence-electron chi connectivity index (χ0n) is 11.3. The summed E-state index contributed by atoms with van der Waals surface area (Å²) in [5.41, 5.74) is 1.03. The van der Waals surface area contributed by atoms with Crippen LogP contribution < -0.4 is 5.32 Å². The van der Waals surface area contributed by atoms with E-state index in [0.29, 0.717) is 5.92 Å². The standard InChI is InChI=1S/C14H19BrN2OS/c1-10(2)5-7-18-8-6-16-14-17-12-9-11(15)3-4-13(12)19-14/h3-4,9-10H,5-8H2,1-2H3,(H,16,17). The number of nitrogens with one attached hydrogen (secondary N) is 1. The quantitative estimate of drug-likeness (QED) is 0.750. The smallest absolute Gasteiger partial charge is 0.183 e. The van der Waals surface area contributed by atoms with Crippen LogP contribution in [0, 0.1) is 5.92 Å². The maximum absolute atomic E-state index is 5.57. The topological polar surface area (TPSA) is 34.1 Å². The third kappa shape index (κ3) is 4.75. The molecule has 1 aromatic heterocycles. The lowest BCUT2D eigenvalue weighted by Gasteiger charge is -2.06. The number of halogens is 1. The summed E-state index contributed by atoms with van der Waals surface area (Å²) in [6.07, 6.45) is 1.12. The number of nitrogens with zero attached hydrogens (tertiary/aromatic N) is 1. The number of benzene rings is 1. The van der Waals surface area contributed by atoms with Crippen LogP contribution in [0.2, 0.25) is 0 Å². The molecule has 1 aromatic carbocycles. The average molecular weight is 343 g/mol. The Balaban J connectivity index is 1.75. The van der Waals surface area contributed by atoms with Gasteiger partial charge in [0.15, 0.2) is 5.13 Å². The number of hydrogen-bond donors (Lipinski definition) is 1. The minimum atomic E-state index is 0.704. The van der Waals surface area contributed by atoms with E-state index in [1.54, 1.807) is 11.3 Å². The largest absolute Gasteiger partial charge is 0.380 e. The van der Waals surface area contributed by atoms with Gasteiger partial charge in [0.1, 0.15) is 0 Å². The molecule has 3 nitrogen and oxygen atoms in total. The molecule has 2 aromatic rings. The van der Waals surface area contributed by atoms with Crippen molar-refractivity contribution in [1.29, 1.82) is 0 Å². The molecular weight excluding hydrogens is 324 g/mol. The van der Waals surface area contributed by atoms with Gasteiger partial charge in [-0.05, 0) is 30.5 Å². The highest BCUT2D eigenvalue weighted by Gasteiger charge is 2.03. The average Bonchev–Trinajstić information content (AvgIpc) is 2.75. The van der Waals surface area contributed by atoms with Crippen LogP contribution >= 0.6 is 27.3 Å². The number of thiazole rings is 1. The van der Waals surface area contributed by atoms with Crippen molar-refractivity contribution >= 4 is 42.6 Å². The van der Waals surface area contributed by atoms with E-state index >= 15 is 0 Å². The molecule has 2 rings (SSSR count). The van der Waals surface area contributed by atoms with E-state index in [-0.39, 0.29) is 0 Å². The summed E-state index contributed by atoms with van der Waals surface area (Å²) in [4.78, 5) is 4.54. The maximum atomic E-state index is 5.57. The molecule has 0 radical (unpaired) electrons. The normalized spacial score (nSPS) is 11.4. The molecule has 0 aliphatic rings. The molecule has 1 heterocycles. The van der Waals surface area contributed by atoms with Gasteiger partial charge in [-0.15, -0.1) is 0 Å². The van der Waals surface area contributed by atoms with Crippen LogP contribution in [0.3, 0.4) is 0 Å². The second kappa shape index (κ2) is 7.22. The fourth-order valence-electron chi connectivity index (χ4n) is 1.63. The highest BCUT2D eigenvalue weighted by molar-refractivity contribution is 9.10. The Morgan fingerprint density at radius 3 is 3.00 bits per heavy atom. The van der Waals surface area contributed by atoms with Gasteiger partial charge in [-0.25, -0.2) is 4.98 Å². The van der Waals surface area contributed by atoms with Crippen molar-refractivity contribution in [2.75, 3.05) is 25.1 Å². The predicted molar refractivity (Wildman–Crippen MR) is 86.1 cm³/mol. The summed E-state index contributed by atoms with van der Waals surface area (Å²) in [5, 5.41) is 4.27. The molecule has 0 spiro atoms. The number of anilines is 1. The van der Waals surface area contributed by atoms with Crippen LogP contribution in [-0.2, 0) is 4.74 Å². The summed E-state index contributed by atoms with van der Waals surface area (Å²) in [6, 6.07) is 6.16. The van der Waals surface area contributed by atoms with Crippen LogP contribution in [0.1, 0.15) is 20.3 Å². The fourth-order valence-corrected chi connectivity index (χ4v) is 2.85. The Bertz CT molecular complexity index is 527. The second-order valence-electron chi connectivity index (χ2n) is 4.85. The van der Waals surface area contributed by atoms with E-state index in [9.17, 15) is 0 Å². The van der Waals surface area contributed by atoms with Crippen molar-refractivity contribution in [3.63, 3.8) is 0 Å². The monoisotopic (exact) mass is 342 g/mol. The van der Waals surface area contributed by atoms with E-state index in [1.165, 1.54) is 4.70 Å². The first-order chi connectivity index (χ1) is 9.15. The van der Waals surface area contributed by atoms with Crippen LogP contribution in [0.15, 0.2) is 22.7 Å². The number of rotatable bonds is 7. The van der Waals surface area contributed by atoms with Gasteiger partial charge in [0.25, 0.3) is 0 Å². The first-order valence-corrected chi connectivity index (χ1v) is 8.14. The van der Waals surface area contributed by atoms with Crippen molar-refractivity contribution in [3.05, 3.63) is 22.7 Å². The SMILES string of the molecule is CC(C)CCOCCNc1nc2cc(Br)ccc2s1. The van der Waals surface area contributed by atoms with Gasteiger partial charge in [-0.2, -0.15) is 0 Å². The van der Waals surface area contributed by atoms with Gasteiger partial charge < -0.3 is 10.1 Å². The van der Waals surface area contributed by atoms with Crippen molar-refractivity contribution in [3.8, 4) is 0 Å². The molecule has 0 aliphatic carbocycles. The molecule has 104 valence electrons. The molecule has 0 aliphatic heterocycles. The molecule has 0 fully saturated rings. The Morgan fingerprint density at radius 1 is 1.37 bits per heavy atom. The number of aromatic nitrogens is 1. The van der Waals surface area contributed by atoms with E-state index in [2.05, 4.69) is 46.1 Å². The third-order valence-electron chi connectivity index (χ3n) is 2.71. The Labute approximate surface area is 126 Å². The summed E-state index contributed by atoms with van der Waals surface area (Å²) in [5.74, 6) is 0.704. The minimum absolute atomic E-state index is 0.704. The lowest BCUT2D eigenvalue weighted by atomic mass is 10.1. The fraction of sp³-hybridized carbons (Fsp3) is 0.500. The second-order valence-corrected chi connectivity index (χ2v) is 6.80. The van der Waals surface area contributed by atoms with Gasteiger partial charge in [-0.3, -0.25) is 0 Å². The van der Waals surface area contributed by atoms with Gasteiger partial charge in [-0.1, -0.05) is 41.1 Å². The van der Waals surface area contributed by atoms with Crippen LogP contribution in [-0.4, -0.2) is 24.7 Å². The number of hydrogen-bond acceptors (Lipinski definition) is 4. The third-order valence-corrected chi connectivity index (χ3v) is 4.20. The zero-order valence-corrected chi connectivity index (χ0v) is 13.7. The molecule has 0 bridgehead atoms. The molecule has 0 saturated heterocycles. The number of fused-ring (bicyclic) bond motifs is 1. The van der Waals surface area contributed by atoms with Crippen LogP contribution in [0.4, 0.5) is 5.13 Å². The molecule has 0 saturated carbocycles. The summed E-state index contributed by atoms with van der Waals surface area (Å²) in [6.45, 7) is 6.79. The van der Waals surface area contributed by atoms with Gasteiger partial charge in [0.05, 0.1) is 16.8 Å². The van der Waals surface area contributed by atoms with E-state index in [4.69, 9.17) is 4.74 Å². The van der Waals surface area contributed by atoms with Crippen molar-refractivity contribution in [1.82, 2.24) is 4.98 Å². The minimum Gasteiger partial charge on any atom is -0.380 e. The van der Waals surface area contributed by atoms with Crippen molar-refractivity contribution in [2.24, 2.45) is 5.92 Å². The summed E-state index contributed by atoms with van der Waals surface area (Å²) < 4.78 is 7.83. The van der Waals surface area contributed by atoms with Crippen LogP contribution in [0.5, 0.6) is 0 Å². The Hall–Kier alpha value is -0.650. The molecular formula is C14H19BrN2OS. The van der Waals surface area contributed by atoms with E-state index in [0.717, 1.165) is 41.3 Å². The van der Waals surface area contributed by atoms with Gasteiger partial charge >= 0.3 is 0 Å². The van der Waals surface area contributed by atoms with Crippen molar-refractivity contribution < 1.29 is 4.74 Å². The van der Waals surface area contributed by atoms with E-state index in [1.807, 2.05) is 12.1 Å².